The van der Waals surface area contributed by atoms with Crippen LogP contribution in [0.3, 0.4) is 0 Å². The quantitative estimate of drug-likeness (QED) is 0.759. The van der Waals surface area contributed by atoms with Gasteiger partial charge in [-0.05, 0) is 26.4 Å². The van der Waals surface area contributed by atoms with E-state index in [0.29, 0.717) is 0 Å². The summed E-state index contributed by atoms with van der Waals surface area (Å²) in [5, 5.41) is 0. The molecule has 108 valence electrons. The smallest absolute Gasteiger partial charge is 0.350 e. The molecular formula is C13H32N2OSi2. The molecule has 0 radical (unpaired) electrons. The molecule has 1 aliphatic rings. The molecule has 0 saturated heterocycles. The summed E-state index contributed by atoms with van der Waals surface area (Å²) in [5.41, 5.74) is 0.757. The van der Waals surface area contributed by atoms with Crippen molar-refractivity contribution in [1.82, 2.24) is 9.21 Å². The molecule has 0 heterocycles. The van der Waals surface area contributed by atoms with Crippen molar-refractivity contribution in [1.29, 1.82) is 0 Å². The van der Waals surface area contributed by atoms with Crippen molar-refractivity contribution in [2.75, 3.05) is 20.7 Å². The zero-order chi connectivity index (χ0) is 13.8. The highest BCUT2D eigenvalue weighted by Crippen LogP contribution is 2.39. The van der Waals surface area contributed by atoms with Gasteiger partial charge in [-0.25, -0.2) is 0 Å². The molecule has 0 aromatic rings. The molecule has 0 aromatic heterocycles. The Bertz CT molecular complexity index is 246. The van der Waals surface area contributed by atoms with Gasteiger partial charge in [0.15, 0.2) is 0 Å². The van der Waals surface area contributed by atoms with Crippen LogP contribution in [0.25, 0.3) is 0 Å². The Balaban J connectivity index is 3.03. The first kappa shape index (κ1) is 16.4. The summed E-state index contributed by atoms with van der Waals surface area (Å²) in [4.78, 5) is 3.67. The van der Waals surface area contributed by atoms with E-state index < -0.39 is 16.9 Å². The molecule has 1 atom stereocenters. The molecule has 18 heavy (non-hydrogen) atoms. The fourth-order valence-corrected chi connectivity index (χ4v) is 13.3. The Morgan fingerprint density at radius 3 is 2.06 bits per heavy atom. The second-order valence-electron chi connectivity index (χ2n) is 6.40. The van der Waals surface area contributed by atoms with Crippen LogP contribution in [0.15, 0.2) is 0 Å². The lowest BCUT2D eigenvalue weighted by Crippen LogP contribution is -2.73. The first-order valence-corrected chi connectivity index (χ1v) is 12.8. The number of nitrogens with one attached hydrogen (secondary N) is 1. The van der Waals surface area contributed by atoms with Gasteiger partial charge < -0.3 is 13.6 Å². The third-order valence-corrected chi connectivity index (χ3v) is 13.4. The van der Waals surface area contributed by atoms with E-state index in [0.717, 1.165) is 12.1 Å². The largest absolute Gasteiger partial charge is 0.395 e. The normalized spacial score (nSPS) is 22.2. The predicted octanol–water partition coefficient (Wildman–Crippen LogP) is 3.28. The van der Waals surface area contributed by atoms with Gasteiger partial charge in [0.25, 0.3) is 0 Å². The lowest BCUT2D eigenvalue weighted by atomic mass is 10.0. The third kappa shape index (κ3) is 3.25. The number of rotatable bonds is 6. The Kier molecular flexibility index (Phi) is 6.05. The van der Waals surface area contributed by atoms with E-state index in [1.807, 2.05) is 7.11 Å². The molecule has 1 N–H and O–H groups in total. The van der Waals surface area contributed by atoms with Crippen molar-refractivity contribution < 1.29 is 4.43 Å². The van der Waals surface area contributed by atoms with Crippen LogP contribution < -0.4 is 4.98 Å². The summed E-state index contributed by atoms with van der Waals surface area (Å²) < 4.78 is 8.94. The molecular weight excluding hydrogens is 256 g/mol. The molecule has 0 amide bonds. The highest BCUT2D eigenvalue weighted by molar-refractivity contribution is 6.88. The number of hydrogen-bond acceptors (Lipinski definition) is 3. The van der Waals surface area contributed by atoms with Gasteiger partial charge in [0.2, 0.25) is 0 Å². The molecule has 3 nitrogen and oxygen atoms in total. The van der Waals surface area contributed by atoms with Gasteiger partial charge in [-0.3, -0.25) is 0 Å². The summed E-state index contributed by atoms with van der Waals surface area (Å²) in [5.74, 6) is 0. The van der Waals surface area contributed by atoms with Crippen LogP contribution in [0.5, 0.6) is 0 Å². The zero-order valence-electron chi connectivity index (χ0n) is 13.2. The van der Waals surface area contributed by atoms with Gasteiger partial charge in [0, 0.05) is 12.7 Å². The third-order valence-electron chi connectivity index (χ3n) is 4.35. The van der Waals surface area contributed by atoms with Crippen LogP contribution in [-0.2, 0) is 4.43 Å². The van der Waals surface area contributed by atoms with Crippen molar-refractivity contribution in [2.24, 2.45) is 0 Å². The van der Waals surface area contributed by atoms with E-state index in [9.17, 15) is 0 Å². The van der Waals surface area contributed by atoms with Gasteiger partial charge in [-0.15, -0.1) is 0 Å². The predicted molar refractivity (Wildman–Crippen MR) is 84.4 cm³/mol. The number of hydrogen-bond donors (Lipinski definition) is 1. The van der Waals surface area contributed by atoms with Gasteiger partial charge in [0.05, 0.1) is 0 Å². The molecule has 0 spiro atoms. The van der Waals surface area contributed by atoms with Gasteiger partial charge in [-0.2, -0.15) is 0 Å². The topological polar surface area (TPSA) is 24.5 Å². The maximum absolute atomic E-state index is 6.19. The van der Waals surface area contributed by atoms with E-state index in [2.05, 4.69) is 42.8 Å². The first-order valence-electron chi connectivity index (χ1n) is 7.44. The van der Waals surface area contributed by atoms with E-state index in [1.54, 1.807) is 0 Å². The minimum absolute atomic E-state index is 0.757. The Morgan fingerprint density at radius 2 is 1.72 bits per heavy atom. The average Bonchev–Trinajstić information content (AvgIpc) is 2.35. The molecule has 5 heteroatoms. The average molecular weight is 289 g/mol. The highest BCUT2D eigenvalue weighted by atomic mass is 28.4. The molecule has 1 aliphatic carbocycles. The second kappa shape index (κ2) is 6.65. The van der Waals surface area contributed by atoms with Crippen molar-refractivity contribution in [3.63, 3.8) is 0 Å². The van der Waals surface area contributed by atoms with Crippen LogP contribution in [0.4, 0.5) is 0 Å². The maximum Gasteiger partial charge on any atom is 0.350 e. The molecule has 1 rings (SSSR count). The summed E-state index contributed by atoms with van der Waals surface area (Å²) >= 11 is 0. The SMILES string of the molecule is CCN([Si](C)(C)C)[Si](NC)(OC)C1CCCCC1. The van der Waals surface area contributed by atoms with E-state index in [4.69, 9.17) is 4.43 Å². The molecule has 1 saturated carbocycles. The standard InChI is InChI=1S/C13H32N2OSi2/c1-7-15(17(4,5)6)18(14-2,16-3)13-11-9-8-10-12-13/h13-14H,7-12H2,1-6H3. The van der Waals surface area contributed by atoms with Crippen molar-refractivity contribution >= 4 is 16.9 Å². The fraction of sp³-hybridized carbons (Fsp3) is 1.00. The van der Waals surface area contributed by atoms with Crippen LogP contribution in [0, 0.1) is 0 Å². The Hall–Kier alpha value is 0.314. The van der Waals surface area contributed by atoms with Gasteiger partial charge >= 0.3 is 8.64 Å². The summed E-state index contributed by atoms with van der Waals surface area (Å²) in [6.07, 6.45) is 6.87. The van der Waals surface area contributed by atoms with Crippen molar-refractivity contribution in [3.8, 4) is 0 Å². The second-order valence-corrected chi connectivity index (χ2v) is 15.4. The van der Waals surface area contributed by atoms with Crippen LogP contribution in [0.1, 0.15) is 39.0 Å². The van der Waals surface area contributed by atoms with Crippen LogP contribution in [0.2, 0.25) is 25.2 Å². The van der Waals surface area contributed by atoms with E-state index in [1.165, 1.54) is 32.1 Å². The summed E-state index contributed by atoms with van der Waals surface area (Å²) in [7, 11) is 0.746. The van der Waals surface area contributed by atoms with Gasteiger partial charge in [0.1, 0.15) is 8.24 Å². The highest BCUT2D eigenvalue weighted by Gasteiger charge is 2.51. The first-order chi connectivity index (χ1) is 8.42. The van der Waals surface area contributed by atoms with Crippen LogP contribution >= 0.6 is 0 Å². The Labute approximate surface area is 116 Å². The van der Waals surface area contributed by atoms with E-state index >= 15 is 0 Å². The molecule has 0 bridgehead atoms. The fourth-order valence-electron chi connectivity index (χ4n) is 3.64. The minimum Gasteiger partial charge on any atom is -0.395 e. The minimum atomic E-state index is -1.96. The summed E-state index contributed by atoms with van der Waals surface area (Å²) in [6, 6.07) is 0. The maximum atomic E-state index is 6.19. The van der Waals surface area contributed by atoms with Crippen LogP contribution in [-0.4, -0.2) is 41.8 Å². The molecule has 1 unspecified atom stereocenters. The zero-order valence-corrected chi connectivity index (χ0v) is 15.2. The molecule has 0 aliphatic heterocycles. The number of nitrogens with zero attached hydrogens (tertiary/aromatic N) is 1. The van der Waals surface area contributed by atoms with Crippen molar-refractivity contribution in [3.05, 3.63) is 0 Å². The monoisotopic (exact) mass is 288 g/mol. The Morgan fingerprint density at radius 1 is 1.17 bits per heavy atom. The summed E-state index contributed by atoms with van der Waals surface area (Å²) in [6.45, 7) is 10.7. The molecule has 1 fully saturated rings. The molecule has 0 aromatic carbocycles. The lowest BCUT2D eigenvalue weighted by Gasteiger charge is -2.50. The lowest BCUT2D eigenvalue weighted by molar-refractivity contribution is 0.292. The van der Waals surface area contributed by atoms with Gasteiger partial charge in [-0.1, -0.05) is 45.8 Å². The van der Waals surface area contributed by atoms with Crippen molar-refractivity contribution in [2.45, 2.75) is 64.2 Å². The van der Waals surface area contributed by atoms with E-state index in [-0.39, 0.29) is 0 Å².